The van der Waals surface area contributed by atoms with Gasteiger partial charge in [-0.1, -0.05) is 0 Å². The predicted octanol–water partition coefficient (Wildman–Crippen LogP) is -1.18. The second-order valence-corrected chi connectivity index (χ2v) is 5.88. The van der Waals surface area contributed by atoms with Gasteiger partial charge in [0, 0.05) is 0 Å². The van der Waals surface area contributed by atoms with E-state index < -0.39 is 32.7 Å². The molecule has 0 saturated heterocycles. The topological polar surface area (TPSA) is 154 Å². The van der Waals surface area contributed by atoms with Gasteiger partial charge in [-0.15, -0.1) is 0 Å². The fourth-order valence-corrected chi connectivity index (χ4v) is 1.11. The maximum Gasteiger partial charge on any atom is 3.00 e. The Morgan fingerprint density at radius 3 is 0.643 bits per heavy atom. The Morgan fingerprint density at radius 1 is 0.464 bits per heavy atom. The van der Waals surface area contributed by atoms with E-state index in [-0.39, 0.29) is 58.3 Å². The molecule has 0 unspecified atom stereocenters. The Bertz CT molecular complexity index is 581. The number of hydrogen-bond donors (Lipinski definition) is 0. The number of carbonyl (C=O) groups excluding carboxylic acids is 9. The quantitative estimate of drug-likeness (QED) is 0.168. The van der Waals surface area contributed by atoms with E-state index in [0.29, 0.717) is 0 Å². The Morgan fingerprint density at radius 2 is 0.607 bits per heavy atom. The summed E-state index contributed by atoms with van der Waals surface area (Å²) in [6.45, 7) is 3.70. The molecule has 13 heteroatoms. The molecule has 0 aromatic rings. The summed E-state index contributed by atoms with van der Waals surface area (Å²) in [6.07, 6.45) is -1.08. The first-order valence-corrected chi connectivity index (χ1v) is 8.05. The Kier molecular flexibility index (Phi) is 22.7. The van der Waals surface area contributed by atoms with E-state index in [9.17, 15) is 43.2 Å². The van der Waals surface area contributed by atoms with Gasteiger partial charge in [-0.2, -0.15) is 0 Å². The van der Waals surface area contributed by atoms with Gasteiger partial charge < -0.3 is 52.3 Å². The third-order valence-electron chi connectivity index (χ3n) is 1.91. The van der Waals surface area contributed by atoms with Crippen molar-refractivity contribution in [2.24, 2.45) is 0 Å². The van der Waals surface area contributed by atoms with Gasteiger partial charge in [0.05, 0.1) is 34.6 Å². The monoisotopic (exact) mass is 483 g/mol. The van der Waals surface area contributed by atoms with Gasteiger partial charge in [-0.05, 0) is 20.8 Å². The minimum absolute atomic E-state index is 0. The van der Waals surface area contributed by atoms with Gasteiger partial charge in [0.25, 0.3) is 0 Å². The molecule has 9 nitrogen and oxygen atoms in total. The zero-order valence-corrected chi connectivity index (χ0v) is 19.0. The summed E-state index contributed by atoms with van der Waals surface area (Å²) in [6, 6.07) is 0. The standard InChI is InChI=1S/3C5H6O3S.Ti/c3*1-3(6)2-4(7)5(8)9;/h3*2H2,1H3,(H,8,9);/q;;;+3/p-3. The van der Waals surface area contributed by atoms with Gasteiger partial charge in [0.2, 0.25) is 0 Å². The van der Waals surface area contributed by atoms with Crippen LogP contribution >= 0.6 is 0 Å². The van der Waals surface area contributed by atoms with Crippen molar-refractivity contribution in [3.8, 4) is 0 Å². The molecule has 0 saturated carbocycles. The van der Waals surface area contributed by atoms with Crippen LogP contribution in [0.1, 0.15) is 40.0 Å². The molecule has 0 fully saturated rings. The molecule has 0 rings (SSSR count). The maximum atomic E-state index is 10.3. The second-order valence-electron chi connectivity index (χ2n) is 4.77. The summed E-state index contributed by atoms with van der Waals surface area (Å²) in [5.41, 5.74) is 0. The van der Waals surface area contributed by atoms with Crippen LogP contribution in [0.15, 0.2) is 0 Å². The van der Waals surface area contributed by atoms with Crippen LogP contribution in [0.25, 0.3) is 0 Å². The van der Waals surface area contributed by atoms with Crippen molar-refractivity contribution in [2.45, 2.75) is 40.0 Å². The molecule has 0 spiro atoms. The third kappa shape index (κ3) is 26.6. The Labute approximate surface area is 192 Å². The van der Waals surface area contributed by atoms with Crippen LogP contribution in [0.2, 0.25) is 0 Å². The molecule has 0 atom stereocenters. The van der Waals surface area contributed by atoms with Crippen molar-refractivity contribution in [2.75, 3.05) is 0 Å². The normalized spacial score (nSPS) is 8.25. The van der Waals surface area contributed by atoms with Crippen molar-refractivity contribution in [3.63, 3.8) is 0 Å². The molecular formula is C15H15O9S3Ti. The molecule has 0 aromatic heterocycles. The van der Waals surface area contributed by atoms with E-state index in [1.54, 1.807) is 0 Å². The van der Waals surface area contributed by atoms with Crippen LogP contribution in [0, 0.1) is 0 Å². The average molecular weight is 483 g/mol. The third-order valence-corrected chi connectivity index (χ3v) is 2.59. The van der Waals surface area contributed by atoms with E-state index in [2.05, 4.69) is 37.9 Å². The first-order valence-electron chi connectivity index (χ1n) is 6.82. The van der Waals surface area contributed by atoms with Gasteiger partial charge >= 0.3 is 21.7 Å². The predicted molar refractivity (Wildman–Crippen MR) is 98.0 cm³/mol. The number of carbonyl (C=O) groups is 9. The summed E-state index contributed by atoms with van der Waals surface area (Å²) in [5.74, 6) is -3.39. The van der Waals surface area contributed by atoms with E-state index in [4.69, 9.17) is 0 Å². The van der Waals surface area contributed by atoms with E-state index in [0.717, 1.165) is 0 Å². The first-order chi connectivity index (χ1) is 12.1. The average Bonchev–Trinajstić information content (AvgIpc) is 2.46. The van der Waals surface area contributed by atoms with E-state index in [1.807, 2.05) is 0 Å². The molecule has 0 aliphatic carbocycles. The second kappa shape index (κ2) is 18.8. The summed E-state index contributed by atoms with van der Waals surface area (Å²) in [4.78, 5) is 91.2. The Balaban J connectivity index is -0.000000152. The van der Waals surface area contributed by atoms with Crippen molar-refractivity contribution >= 4 is 87.9 Å². The SMILES string of the molecule is CC(=O)CC(=O)C(=O)[S-].CC(=O)CC(=O)C(=O)[S-].CC(=O)CC(=O)C(=O)[S-].[Ti+3]. The van der Waals surface area contributed by atoms with Crippen molar-refractivity contribution < 1.29 is 64.9 Å². The number of ketones is 6. The molecule has 0 bridgehead atoms. The van der Waals surface area contributed by atoms with Crippen LogP contribution in [-0.4, -0.2) is 50.0 Å². The summed E-state index contributed by atoms with van der Waals surface area (Å²) in [5, 5.41) is -2.90. The van der Waals surface area contributed by atoms with Crippen LogP contribution in [0.4, 0.5) is 0 Å². The zero-order valence-electron chi connectivity index (χ0n) is 15.0. The van der Waals surface area contributed by atoms with E-state index in [1.165, 1.54) is 20.8 Å². The fraction of sp³-hybridized carbons (Fsp3) is 0.400. The zero-order chi connectivity index (χ0) is 22.3. The van der Waals surface area contributed by atoms with Crippen LogP contribution in [0.5, 0.6) is 0 Å². The minimum atomic E-state index is -0.967. The van der Waals surface area contributed by atoms with Crippen LogP contribution in [-0.2, 0) is 103 Å². The van der Waals surface area contributed by atoms with Gasteiger partial charge in [0.15, 0.2) is 17.3 Å². The van der Waals surface area contributed by atoms with Crippen molar-refractivity contribution in [3.05, 3.63) is 0 Å². The molecule has 0 aliphatic rings. The maximum absolute atomic E-state index is 10.3. The number of rotatable bonds is 9. The molecule has 0 aromatic carbocycles. The van der Waals surface area contributed by atoms with E-state index >= 15 is 0 Å². The molecule has 151 valence electrons. The summed E-state index contributed by atoms with van der Waals surface area (Å²) >= 11 is 11.9. The van der Waals surface area contributed by atoms with Gasteiger partial charge in [-0.3, -0.25) is 28.8 Å². The van der Waals surface area contributed by atoms with Crippen LogP contribution in [0.3, 0.4) is 0 Å². The minimum Gasteiger partial charge on any atom is -0.734 e. The molecule has 0 N–H and O–H groups in total. The Hall–Kier alpha value is -1.60. The van der Waals surface area contributed by atoms with Gasteiger partial charge in [0.1, 0.15) is 17.3 Å². The molecule has 28 heavy (non-hydrogen) atoms. The molecule has 0 heterocycles. The van der Waals surface area contributed by atoms with Crippen molar-refractivity contribution in [1.29, 1.82) is 0 Å². The molecule has 0 amide bonds. The molecule has 1 radical (unpaired) electrons. The van der Waals surface area contributed by atoms with Crippen molar-refractivity contribution in [1.82, 2.24) is 0 Å². The number of hydrogen-bond acceptors (Lipinski definition) is 12. The van der Waals surface area contributed by atoms with Gasteiger partial charge in [-0.25, -0.2) is 0 Å². The summed E-state index contributed by atoms with van der Waals surface area (Å²) in [7, 11) is 0. The number of Topliss-reactive ketones (excluding diaryl/α,β-unsaturated/α-hetero) is 6. The first kappa shape index (κ1) is 33.9. The fourth-order valence-electron chi connectivity index (χ4n) is 0.895. The van der Waals surface area contributed by atoms with Crippen LogP contribution < -0.4 is 0 Å². The largest absolute Gasteiger partial charge is 3.00 e. The summed E-state index contributed by atoms with van der Waals surface area (Å²) < 4.78 is 0. The molecular weight excluding hydrogens is 468 g/mol. The smallest absolute Gasteiger partial charge is 0.734 e. The molecule has 0 aliphatic heterocycles.